The lowest BCUT2D eigenvalue weighted by molar-refractivity contribution is 0.00182. The van der Waals surface area contributed by atoms with Crippen LogP contribution in [0.3, 0.4) is 0 Å². The monoisotopic (exact) mass is 361 g/mol. The smallest absolute Gasteiger partial charge is 0.110 e. The lowest BCUT2D eigenvalue weighted by Gasteiger charge is -2.31. The number of hydrogen-bond acceptors (Lipinski definition) is 3. The summed E-state index contributed by atoms with van der Waals surface area (Å²) in [5.41, 5.74) is 7.79. The molecule has 4 nitrogen and oxygen atoms in total. The standard InChI is InChI=1S/C23H27N3O/c1-15-5-6-20-18(9-15)19-11-25(4)12-21-22(19)26(20)13-23(3,14-27-21)17-7-8-24-16(2)10-17/h5-10,21H,11-14H2,1-4H3. The molecule has 0 saturated heterocycles. The number of pyridine rings is 1. The Morgan fingerprint density at radius 3 is 2.85 bits per heavy atom. The fourth-order valence-electron chi connectivity index (χ4n) is 4.87. The highest BCUT2D eigenvalue weighted by atomic mass is 16.5. The first-order valence-electron chi connectivity index (χ1n) is 9.79. The number of benzene rings is 1. The Hall–Kier alpha value is -2.17. The average molecular weight is 361 g/mol. The third-order valence-electron chi connectivity index (χ3n) is 6.28. The molecule has 0 aliphatic carbocycles. The van der Waals surface area contributed by atoms with Crippen LogP contribution in [0.1, 0.15) is 41.1 Å². The van der Waals surface area contributed by atoms with Crippen molar-refractivity contribution in [2.24, 2.45) is 0 Å². The molecule has 4 heteroatoms. The van der Waals surface area contributed by atoms with Crippen molar-refractivity contribution < 1.29 is 4.74 Å². The molecular formula is C23H27N3O. The molecule has 27 heavy (non-hydrogen) atoms. The highest BCUT2D eigenvalue weighted by Crippen LogP contribution is 2.42. The SMILES string of the molecule is Cc1ccc2c(c1)c1c3n2CC(C)(c2ccnc(C)c2)COC3CN(C)C1. The summed E-state index contributed by atoms with van der Waals surface area (Å²) in [5.74, 6) is 0. The molecule has 5 rings (SSSR count). The van der Waals surface area contributed by atoms with Crippen LogP contribution in [0.15, 0.2) is 36.5 Å². The van der Waals surface area contributed by atoms with Gasteiger partial charge in [-0.15, -0.1) is 0 Å². The molecular weight excluding hydrogens is 334 g/mol. The second kappa shape index (κ2) is 5.91. The van der Waals surface area contributed by atoms with E-state index < -0.39 is 0 Å². The van der Waals surface area contributed by atoms with Crippen LogP contribution in [0.5, 0.6) is 0 Å². The van der Waals surface area contributed by atoms with E-state index in [9.17, 15) is 0 Å². The number of aryl methyl sites for hydroxylation is 2. The van der Waals surface area contributed by atoms with Gasteiger partial charge in [0, 0.05) is 47.8 Å². The van der Waals surface area contributed by atoms with Crippen molar-refractivity contribution in [2.45, 2.75) is 45.4 Å². The molecule has 2 unspecified atom stereocenters. The van der Waals surface area contributed by atoms with Gasteiger partial charge in [0.15, 0.2) is 0 Å². The molecule has 0 bridgehead atoms. The van der Waals surface area contributed by atoms with Gasteiger partial charge in [0.1, 0.15) is 6.10 Å². The number of likely N-dealkylation sites (N-methyl/N-ethyl adjacent to an activating group) is 1. The van der Waals surface area contributed by atoms with Crippen LogP contribution in [0.25, 0.3) is 10.9 Å². The van der Waals surface area contributed by atoms with Crippen molar-refractivity contribution in [3.05, 3.63) is 64.6 Å². The van der Waals surface area contributed by atoms with E-state index in [1.165, 1.54) is 33.3 Å². The third kappa shape index (κ3) is 2.62. The predicted molar refractivity (Wildman–Crippen MR) is 108 cm³/mol. The molecule has 0 radical (unpaired) electrons. The van der Waals surface area contributed by atoms with Crippen LogP contribution in [-0.4, -0.2) is 34.7 Å². The van der Waals surface area contributed by atoms with Crippen molar-refractivity contribution in [2.75, 3.05) is 20.2 Å². The van der Waals surface area contributed by atoms with Crippen LogP contribution in [0.2, 0.25) is 0 Å². The number of aromatic nitrogens is 2. The van der Waals surface area contributed by atoms with E-state index in [0.29, 0.717) is 0 Å². The van der Waals surface area contributed by atoms with E-state index in [0.717, 1.165) is 31.9 Å². The number of hydrogen-bond donors (Lipinski definition) is 0. The molecule has 4 heterocycles. The Morgan fingerprint density at radius 1 is 1.19 bits per heavy atom. The van der Waals surface area contributed by atoms with E-state index in [4.69, 9.17) is 4.74 Å². The summed E-state index contributed by atoms with van der Waals surface area (Å²) < 4.78 is 9.11. The fourth-order valence-corrected chi connectivity index (χ4v) is 4.87. The summed E-state index contributed by atoms with van der Waals surface area (Å²) in [5, 5.41) is 1.39. The van der Waals surface area contributed by atoms with Gasteiger partial charge < -0.3 is 9.30 Å². The van der Waals surface area contributed by atoms with Gasteiger partial charge in [0.2, 0.25) is 0 Å². The first kappa shape index (κ1) is 17.0. The molecule has 0 spiro atoms. The van der Waals surface area contributed by atoms with Gasteiger partial charge in [-0.25, -0.2) is 0 Å². The first-order valence-corrected chi connectivity index (χ1v) is 9.79. The minimum atomic E-state index is -0.0752. The molecule has 3 aromatic rings. The van der Waals surface area contributed by atoms with E-state index in [1.807, 2.05) is 6.20 Å². The number of ether oxygens (including phenoxy) is 1. The van der Waals surface area contributed by atoms with Gasteiger partial charge in [-0.1, -0.05) is 18.6 Å². The zero-order chi connectivity index (χ0) is 18.8. The second-order valence-corrected chi connectivity index (χ2v) is 8.71. The Bertz CT molecular complexity index is 1040. The Kier molecular flexibility index (Phi) is 3.72. The maximum absolute atomic E-state index is 6.57. The molecule has 2 aromatic heterocycles. The molecule has 0 saturated carbocycles. The van der Waals surface area contributed by atoms with Crippen molar-refractivity contribution in [3.63, 3.8) is 0 Å². The molecule has 2 aliphatic rings. The van der Waals surface area contributed by atoms with Gasteiger partial charge >= 0.3 is 0 Å². The topological polar surface area (TPSA) is 30.3 Å². The fraction of sp³-hybridized carbons (Fsp3) is 0.435. The quantitative estimate of drug-likeness (QED) is 0.653. The van der Waals surface area contributed by atoms with Crippen molar-refractivity contribution in [3.8, 4) is 0 Å². The minimum Gasteiger partial charge on any atom is -0.370 e. The van der Waals surface area contributed by atoms with Gasteiger partial charge in [0.25, 0.3) is 0 Å². The summed E-state index contributed by atoms with van der Waals surface area (Å²) in [6.07, 6.45) is 2.06. The van der Waals surface area contributed by atoms with Gasteiger partial charge in [0.05, 0.1) is 12.3 Å². The van der Waals surface area contributed by atoms with Gasteiger partial charge in [-0.2, -0.15) is 0 Å². The highest BCUT2D eigenvalue weighted by Gasteiger charge is 2.39. The molecule has 0 amide bonds. The van der Waals surface area contributed by atoms with E-state index in [1.54, 1.807) is 0 Å². The summed E-state index contributed by atoms with van der Waals surface area (Å²) >= 11 is 0. The normalized spacial score (nSPS) is 25.4. The van der Waals surface area contributed by atoms with Crippen LogP contribution in [-0.2, 0) is 23.2 Å². The number of fused-ring (bicyclic) bond motifs is 3. The van der Waals surface area contributed by atoms with Crippen molar-refractivity contribution >= 4 is 10.9 Å². The largest absolute Gasteiger partial charge is 0.370 e. The van der Waals surface area contributed by atoms with Crippen LogP contribution in [0, 0.1) is 13.8 Å². The minimum absolute atomic E-state index is 0.0752. The highest BCUT2D eigenvalue weighted by molar-refractivity contribution is 5.87. The lowest BCUT2D eigenvalue weighted by atomic mass is 9.83. The predicted octanol–water partition coefficient (Wildman–Crippen LogP) is 4.13. The summed E-state index contributed by atoms with van der Waals surface area (Å²) in [6, 6.07) is 11.2. The van der Waals surface area contributed by atoms with Crippen molar-refractivity contribution in [1.82, 2.24) is 14.5 Å². The third-order valence-corrected chi connectivity index (χ3v) is 6.28. The van der Waals surface area contributed by atoms with Crippen LogP contribution >= 0.6 is 0 Å². The summed E-state index contributed by atoms with van der Waals surface area (Å²) in [4.78, 5) is 6.78. The molecule has 0 N–H and O–H groups in total. The maximum Gasteiger partial charge on any atom is 0.110 e. The molecule has 2 atom stereocenters. The van der Waals surface area contributed by atoms with Crippen LogP contribution < -0.4 is 0 Å². The van der Waals surface area contributed by atoms with E-state index in [-0.39, 0.29) is 11.5 Å². The summed E-state index contributed by atoms with van der Waals surface area (Å²) in [7, 11) is 2.20. The molecule has 140 valence electrons. The van der Waals surface area contributed by atoms with E-state index in [2.05, 4.69) is 72.6 Å². The van der Waals surface area contributed by atoms with Gasteiger partial charge in [-0.05, 0) is 56.3 Å². The zero-order valence-electron chi connectivity index (χ0n) is 16.6. The van der Waals surface area contributed by atoms with Gasteiger partial charge in [-0.3, -0.25) is 9.88 Å². The Morgan fingerprint density at radius 2 is 2.04 bits per heavy atom. The zero-order valence-corrected chi connectivity index (χ0v) is 16.6. The van der Waals surface area contributed by atoms with Crippen molar-refractivity contribution in [1.29, 1.82) is 0 Å². The average Bonchev–Trinajstić information content (AvgIpc) is 2.82. The van der Waals surface area contributed by atoms with Crippen LogP contribution in [0.4, 0.5) is 0 Å². The number of nitrogens with zero attached hydrogens (tertiary/aromatic N) is 3. The lowest BCUT2D eigenvalue weighted by Crippen LogP contribution is -2.33. The molecule has 2 aliphatic heterocycles. The summed E-state index contributed by atoms with van der Waals surface area (Å²) in [6.45, 7) is 10.2. The molecule has 1 aromatic carbocycles. The first-order chi connectivity index (χ1) is 12.9. The Labute approximate surface area is 160 Å². The number of rotatable bonds is 1. The molecule has 0 fully saturated rings. The second-order valence-electron chi connectivity index (χ2n) is 8.71. The maximum atomic E-state index is 6.57. The Balaban J connectivity index is 1.73. The van der Waals surface area contributed by atoms with E-state index >= 15 is 0 Å².